The number of pyridine rings is 1. The monoisotopic (exact) mass is 405 g/mol. The van der Waals surface area contributed by atoms with Crippen LogP contribution >= 0.6 is 24.8 Å². The Hall–Kier alpha value is -2.14. The van der Waals surface area contributed by atoms with Crippen molar-refractivity contribution in [3.05, 3.63) is 72.6 Å². The molecule has 6 heteroatoms. The summed E-state index contributed by atoms with van der Waals surface area (Å²) >= 11 is 0. The van der Waals surface area contributed by atoms with Gasteiger partial charge in [-0.3, -0.25) is 9.78 Å². The zero-order valence-corrected chi connectivity index (χ0v) is 17.0. The van der Waals surface area contributed by atoms with Crippen molar-refractivity contribution >= 4 is 47.2 Å². The second-order valence-corrected chi connectivity index (χ2v) is 6.45. The van der Waals surface area contributed by atoms with Crippen LogP contribution in [0.3, 0.4) is 0 Å². The van der Waals surface area contributed by atoms with Crippen molar-refractivity contribution in [3.8, 4) is 0 Å². The summed E-state index contributed by atoms with van der Waals surface area (Å²) < 4.78 is 0. The molecule has 0 radical (unpaired) electrons. The lowest BCUT2D eigenvalue weighted by molar-refractivity contribution is -0.117. The number of rotatable bonds is 6. The van der Waals surface area contributed by atoms with Gasteiger partial charge in [-0.15, -0.1) is 24.8 Å². The van der Waals surface area contributed by atoms with E-state index in [2.05, 4.69) is 29.5 Å². The molecule has 0 aliphatic carbocycles. The SMILES string of the molecule is CC(C)NCC(C(=O)Nc1ccc2cnccc2c1)c1ccccc1.Cl.Cl. The van der Waals surface area contributed by atoms with Crippen molar-refractivity contribution in [2.24, 2.45) is 0 Å². The Bertz CT molecular complexity index is 856. The van der Waals surface area contributed by atoms with E-state index < -0.39 is 0 Å². The number of aromatic nitrogens is 1. The van der Waals surface area contributed by atoms with E-state index >= 15 is 0 Å². The molecule has 1 atom stereocenters. The van der Waals surface area contributed by atoms with Crippen molar-refractivity contribution in [3.63, 3.8) is 0 Å². The summed E-state index contributed by atoms with van der Waals surface area (Å²) in [6.45, 7) is 4.76. The summed E-state index contributed by atoms with van der Waals surface area (Å²) in [7, 11) is 0. The van der Waals surface area contributed by atoms with Gasteiger partial charge < -0.3 is 10.6 Å². The molecule has 3 rings (SSSR count). The molecule has 4 nitrogen and oxygen atoms in total. The molecule has 1 amide bonds. The van der Waals surface area contributed by atoms with Gasteiger partial charge in [0.1, 0.15) is 0 Å². The summed E-state index contributed by atoms with van der Waals surface area (Å²) in [6, 6.07) is 18.0. The van der Waals surface area contributed by atoms with E-state index in [-0.39, 0.29) is 36.6 Å². The normalized spacial score (nSPS) is 11.4. The molecule has 1 unspecified atom stereocenters. The minimum absolute atomic E-state index is 0. The number of hydrogen-bond acceptors (Lipinski definition) is 3. The Morgan fingerprint density at radius 3 is 2.44 bits per heavy atom. The van der Waals surface area contributed by atoms with E-state index in [1.165, 1.54) is 0 Å². The van der Waals surface area contributed by atoms with Crippen LogP contribution in [0.5, 0.6) is 0 Å². The fourth-order valence-electron chi connectivity index (χ4n) is 2.79. The first-order valence-electron chi connectivity index (χ1n) is 8.56. The molecule has 0 saturated heterocycles. The van der Waals surface area contributed by atoms with Gasteiger partial charge in [0.2, 0.25) is 5.91 Å². The fourth-order valence-corrected chi connectivity index (χ4v) is 2.79. The molecular formula is C21H25Cl2N3O. The summed E-state index contributed by atoms with van der Waals surface area (Å²) in [4.78, 5) is 17.0. The molecule has 144 valence electrons. The van der Waals surface area contributed by atoms with Crippen molar-refractivity contribution in [2.45, 2.75) is 25.8 Å². The predicted molar refractivity (Wildman–Crippen MR) is 117 cm³/mol. The number of anilines is 1. The third kappa shape index (κ3) is 6.21. The largest absolute Gasteiger partial charge is 0.325 e. The van der Waals surface area contributed by atoms with E-state index in [9.17, 15) is 4.79 Å². The van der Waals surface area contributed by atoms with Gasteiger partial charge >= 0.3 is 0 Å². The molecule has 0 saturated carbocycles. The second kappa shape index (κ2) is 10.9. The van der Waals surface area contributed by atoms with Crippen molar-refractivity contribution in [1.29, 1.82) is 0 Å². The average molecular weight is 406 g/mol. The Labute approximate surface area is 172 Å². The standard InChI is InChI=1S/C21H23N3O.2ClH/c1-15(2)23-14-20(16-6-4-3-5-7-16)21(25)24-19-9-8-18-13-22-11-10-17(18)12-19;;/h3-13,15,20,23H,14H2,1-2H3,(H,24,25);2*1H. The number of halogens is 2. The summed E-state index contributed by atoms with van der Waals surface area (Å²) in [5.41, 5.74) is 1.81. The highest BCUT2D eigenvalue weighted by Crippen LogP contribution is 2.21. The smallest absolute Gasteiger partial charge is 0.233 e. The van der Waals surface area contributed by atoms with Crippen molar-refractivity contribution < 1.29 is 4.79 Å². The molecule has 3 aromatic rings. The van der Waals surface area contributed by atoms with Crippen LogP contribution in [-0.4, -0.2) is 23.5 Å². The van der Waals surface area contributed by atoms with Gasteiger partial charge in [-0.25, -0.2) is 0 Å². The van der Waals surface area contributed by atoms with Crippen LogP contribution in [0.15, 0.2) is 67.0 Å². The maximum Gasteiger partial charge on any atom is 0.233 e. The van der Waals surface area contributed by atoms with Crippen LogP contribution in [-0.2, 0) is 4.79 Å². The first-order chi connectivity index (χ1) is 12.1. The lowest BCUT2D eigenvalue weighted by Crippen LogP contribution is -2.34. The first-order valence-corrected chi connectivity index (χ1v) is 8.56. The zero-order valence-electron chi connectivity index (χ0n) is 15.4. The number of nitrogens with one attached hydrogen (secondary N) is 2. The van der Waals surface area contributed by atoms with Gasteiger partial charge in [0.15, 0.2) is 0 Å². The van der Waals surface area contributed by atoms with E-state index in [1.807, 2.05) is 60.8 Å². The first kappa shape index (κ1) is 22.9. The Balaban J connectivity index is 0.00000182. The molecule has 1 aromatic heterocycles. The van der Waals surface area contributed by atoms with E-state index in [4.69, 9.17) is 0 Å². The lowest BCUT2D eigenvalue weighted by atomic mass is 9.97. The number of hydrogen-bond donors (Lipinski definition) is 2. The molecular weight excluding hydrogens is 381 g/mol. The van der Waals surface area contributed by atoms with Crippen molar-refractivity contribution in [2.75, 3.05) is 11.9 Å². The van der Waals surface area contributed by atoms with Gasteiger partial charge in [0.05, 0.1) is 5.92 Å². The van der Waals surface area contributed by atoms with E-state index in [0.717, 1.165) is 22.0 Å². The molecule has 27 heavy (non-hydrogen) atoms. The number of carbonyl (C=O) groups is 1. The maximum atomic E-state index is 12.9. The van der Waals surface area contributed by atoms with Gasteiger partial charge in [-0.05, 0) is 29.1 Å². The van der Waals surface area contributed by atoms with Crippen LogP contribution in [0, 0.1) is 0 Å². The number of benzene rings is 2. The number of amides is 1. The molecule has 0 spiro atoms. The van der Waals surface area contributed by atoms with Gasteiger partial charge in [0.25, 0.3) is 0 Å². The maximum absolute atomic E-state index is 12.9. The summed E-state index contributed by atoms with van der Waals surface area (Å²) in [5, 5.41) is 8.54. The van der Waals surface area contributed by atoms with Crippen LogP contribution in [0.4, 0.5) is 5.69 Å². The third-order valence-electron chi connectivity index (χ3n) is 4.16. The van der Waals surface area contributed by atoms with Crippen LogP contribution in [0.2, 0.25) is 0 Å². The van der Waals surface area contributed by atoms with Gasteiger partial charge in [0, 0.05) is 36.1 Å². The predicted octanol–water partition coefficient (Wildman–Crippen LogP) is 4.80. The second-order valence-electron chi connectivity index (χ2n) is 6.45. The minimum atomic E-state index is -0.239. The molecule has 0 fully saturated rings. The van der Waals surface area contributed by atoms with Crippen molar-refractivity contribution in [1.82, 2.24) is 10.3 Å². The highest BCUT2D eigenvalue weighted by molar-refractivity contribution is 5.98. The molecule has 0 aliphatic heterocycles. The molecule has 2 N–H and O–H groups in total. The van der Waals surface area contributed by atoms with E-state index in [0.29, 0.717) is 12.6 Å². The highest BCUT2D eigenvalue weighted by Gasteiger charge is 2.20. The number of nitrogens with zero attached hydrogens (tertiary/aromatic N) is 1. The van der Waals surface area contributed by atoms with Crippen LogP contribution in [0.1, 0.15) is 25.3 Å². The van der Waals surface area contributed by atoms with Gasteiger partial charge in [-0.1, -0.05) is 50.2 Å². The van der Waals surface area contributed by atoms with Crippen LogP contribution in [0.25, 0.3) is 10.8 Å². The Morgan fingerprint density at radius 1 is 1.00 bits per heavy atom. The number of fused-ring (bicyclic) bond motifs is 1. The highest BCUT2D eigenvalue weighted by atomic mass is 35.5. The van der Waals surface area contributed by atoms with Crippen LogP contribution < -0.4 is 10.6 Å². The Morgan fingerprint density at radius 2 is 1.74 bits per heavy atom. The summed E-state index contributed by atoms with van der Waals surface area (Å²) in [6.07, 6.45) is 3.58. The van der Waals surface area contributed by atoms with E-state index in [1.54, 1.807) is 6.20 Å². The lowest BCUT2D eigenvalue weighted by Gasteiger charge is -2.19. The Kier molecular flexibility index (Phi) is 9.22. The topological polar surface area (TPSA) is 54.0 Å². The average Bonchev–Trinajstić information content (AvgIpc) is 2.62. The fraction of sp³-hybridized carbons (Fsp3) is 0.238. The minimum Gasteiger partial charge on any atom is -0.325 e. The zero-order chi connectivity index (χ0) is 17.6. The molecule has 0 bridgehead atoms. The molecule has 0 aliphatic rings. The van der Waals surface area contributed by atoms with Gasteiger partial charge in [-0.2, -0.15) is 0 Å². The summed E-state index contributed by atoms with van der Waals surface area (Å²) in [5.74, 6) is -0.246. The molecule has 1 heterocycles. The quantitative estimate of drug-likeness (QED) is 0.619. The number of carbonyl (C=O) groups excluding carboxylic acids is 1. The molecule has 2 aromatic carbocycles. The third-order valence-corrected chi connectivity index (χ3v) is 4.16.